The van der Waals surface area contributed by atoms with Gasteiger partial charge in [-0.25, -0.2) is 13.1 Å². The summed E-state index contributed by atoms with van der Waals surface area (Å²) < 4.78 is 27.4. The van der Waals surface area contributed by atoms with E-state index in [1.165, 1.54) is 5.56 Å². The third-order valence-corrected chi connectivity index (χ3v) is 5.31. The van der Waals surface area contributed by atoms with Gasteiger partial charge in [-0.2, -0.15) is 0 Å². The Hall–Kier alpha value is -1.65. The topological polar surface area (TPSA) is 46.2 Å². The largest absolute Gasteiger partial charge is 0.240 e. The van der Waals surface area contributed by atoms with Gasteiger partial charge in [0, 0.05) is 6.04 Å². The third-order valence-electron chi connectivity index (χ3n) is 3.71. The first-order valence-corrected chi connectivity index (χ1v) is 9.15. The van der Waals surface area contributed by atoms with Crippen molar-refractivity contribution in [2.45, 2.75) is 44.0 Å². The maximum absolute atomic E-state index is 12.3. The lowest BCUT2D eigenvalue weighted by molar-refractivity contribution is 0.547. The first kappa shape index (κ1) is 16.7. The second-order valence-corrected chi connectivity index (χ2v) is 7.26. The normalized spacial score (nSPS) is 13.0. The first-order valence-electron chi connectivity index (χ1n) is 7.66. The van der Waals surface area contributed by atoms with E-state index in [-0.39, 0.29) is 6.04 Å². The molecule has 2 aromatic carbocycles. The van der Waals surface area contributed by atoms with Crippen LogP contribution in [-0.2, 0) is 22.9 Å². The quantitative estimate of drug-likeness (QED) is 0.849. The van der Waals surface area contributed by atoms with Crippen LogP contribution in [0.25, 0.3) is 0 Å². The molecule has 0 aliphatic heterocycles. The van der Waals surface area contributed by atoms with E-state index in [9.17, 15) is 8.42 Å². The van der Waals surface area contributed by atoms with Gasteiger partial charge in [0.2, 0.25) is 10.0 Å². The Morgan fingerprint density at radius 2 is 1.59 bits per heavy atom. The van der Waals surface area contributed by atoms with Gasteiger partial charge in [0.1, 0.15) is 0 Å². The van der Waals surface area contributed by atoms with Crippen LogP contribution in [0.4, 0.5) is 0 Å². The van der Waals surface area contributed by atoms with E-state index in [1.54, 1.807) is 12.1 Å². The molecule has 0 saturated heterocycles. The van der Waals surface area contributed by atoms with E-state index >= 15 is 0 Å². The Kier molecular flexibility index (Phi) is 5.75. The molecule has 1 atom stereocenters. The number of aryl methyl sites for hydroxylation is 2. The molecule has 1 N–H and O–H groups in total. The highest BCUT2D eigenvalue weighted by Crippen LogP contribution is 2.13. The van der Waals surface area contributed by atoms with Crippen LogP contribution in [0.2, 0.25) is 0 Å². The van der Waals surface area contributed by atoms with Gasteiger partial charge in [0.05, 0.1) is 4.90 Å². The van der Waals surface area contributed by atoms with Crippen molar-refractivity contribution >= 4 is 10.0 Å². The molecule has 0 amide bonds. The van der Waals surface area contributed by atoms with E-state index < -0.39 is 10.0 Å². The Labute approximate surface area is 133 Å². The summed E-state index contributed by atoms with van der Waals surface area (Å²) in [4.78, 5) is 0.330. The van der Waals surface area contributed by atoms with Crippen molar-refractivity contribution in [1.82, 2.24) is 4.72 Å². The Balaban J connectivity index is 1.95. The number of sulfonamides is 1. The Bertz CT molecular complexity index is 679. The molecule has 0 fully saturated rings. The molecule has 0 saturated carbocycles. The highest BCUT2D eigenvalue weighted by atomic mass is 32.2. The van der Waals surface area contributed by atoms with Gasteiger partial charge in [-0.15, -0.1) is 0 Å². The van der Waals surface area contributed by atoms with E-state index in [2.05, 4.69) is 16.9 Å². The summed E-state index contributed by atoms with van der Waals surface area (Å²) in [6.07, 6.45) is 2.54. The molecule has 1 unspecified atom stereocenters. The minimum atomic E-state index is -3.44. The van der Waals surface area contributed by atoms with Gasteiger partial charge in [-0.1, -0.05) is 49.4 Å². The molecule has 22 heavy (non-hydrogen) atoms. The molecular formula is C18H23NO2S. The molecule has 0 aliphatic carbocycles. The minimum absolute atomic E-state index is 0.101. The number of rotatable bonds is 7. The number of benzene rings is 2. The zero-order valence-corrected chi connectivity index (χ0v) is 13.9. The van der Waals surface area contributed by atoms with Gasteiger partial charge in [-0.3, -0.25) is 0 Å². The molecular weight excluding hydrogens is 294 g/mol. The van der Waals surface area contributed by atoms with Gasteiger partial charge < -0.3 is 0 Å². The zero-order chi connectivity index (χ0) is 16.0. The summed E-state index contributed by atoms with van der Waals surface area (Å²) in [5.41, 5.74) is 2.36. The van der Waals surface area contributed by atoms with Crippen molar-refractivity contribution in [3.8, 4) is 0 Å². The van der Waals surface area contributed by atoms with Crippen molar-refractivity contribution in [2.75, 3.05) is 0 Å². The summed E-state index contributed by atoms with van der Waals surface area (Å²) in [6.45, 7) is 3.95. The van der Waals surface area contributed by atoms with Crippen molar-refractivity contribution in [3.63, 3.8) is 0 Å². The van der Waals surface area contributed by atoms with Gasteiger partial charge in [0.25, 0.3) is 0 Å². The number of hydrogen-bond acceptors (Lipinski definition) is 2. The second-order valence-electron chi connectivity index (χ2n) is 5.54. The summed E-state index contributed by atoms with van der Waals surface area (Å²) in [5.74, 6) is 0. The van der Waals surface area contributed by atoms with Crippen LogP contribution in [0, 0.1) is 0 Å². The van der Waals surface area contributed by atoms with Crippen molar-refractivity contribution < 1.29 is 8.42 Å². The maximum Gasteiger partial charge on any atom is 0.240 e. The predicted octanol–water partition coefficient (Wildman–Crippen LogP) is 3.55. The molecule has 0 bridgehead atoms. The van der Waals surface area contributed by atoms with Gasteiger partial charge in [-0.05, 0) is 49.4 Å². The van der Waals surface area contributed by atoms with Crippen LogP contribution in [0.5, 0.6) is 0 Å². The van der Waals surface area contributed by atoms with Gasteiger partial charge in [0.15, 0.2) is 0 Å². The fraction of sp³-hybridized carbons (Fsp3) is 0.333. The lowest BCUT2D eigenvalue weighted by Gasteiger charge is -2.14. The van der Waals surface area contributed by atoms with Crippen LogP contribution < -0.4 is 4.72 Å². The van der Waals surface area contributed by atoms with E-state index in [4.69, 9.17) is 0 Å². The predicted molar refractivity (Wildman–Crippen MR) is 90.4 cm³/mol. The Morgan fingerprint density at radius 3 is 2.18 bits per heavy atom. The highest BCUT2D eigenvalue weighted by molar-refractivity contribution is 7.89. The molecule has 0 aliphatic rings. The van der Waals surface area contributed by atoms with Crippen molar-refractivity contribution in [1.29, 1.82) is 0 Å². The molecule has 2 rings (SSSR count). The molecule has 0 spiro atoms. The van der Waals surface area contributed by atoms with Crippen LogP contribution in [0.1, 0.15) is 31.4 Å². The summed E-state index contributed by atoms with van der Waals surface area (Å²) in [5, 5.41) is 0. The van der Waals surface area contributed by atoms with Crippen molar-refractivity contribution in [3.05, 3.63) is 65.7 Å². The summed E-state index contributed by atoms with van der Waals surface area (Å²) >= 11 is 0. The van der Waals surface area contributed by atoms with Gasteiger partial charge >= 0.3 is 0 Å². The monoisotopic (exact) mass is 317 g/mol. The third kappa shape index (κ3) is 4.68. The van der Waals surface area contributed by atoms with Crippen LogP contribution in [0.3, 0.4) is 0 Å². The average Bonchev–Trinajstić information content (AvgIpc) is 2.53. The van der Waals surface area contributed by atoms with Crippen molar-refractivity contribution in [2.24, 2.45) is 0 Å². The van der Waals surface area contributed by atoms with Crippen LogP contribution in [-0.4, -0.2) is 14.5 Å². The lowest BCUT2D eigenvalue weighted by Crippen LogP contribution is -2.32. The highest BCUT2D eigenvalue weighted by Gasteiger charge is 2.17. The molecule has 0 aromatic heterocycles. The summed E-state index contributed by atoms with van der Waals surface area (Å²) in [6, 6.07) is 17.1. The fourth-order valence-corrected chi connectivity index (χ4v) is 3.60. The average molecular weight is 317 g/mol. The summed E-state index contributed by atoms with van der Waals surface area (Å²) in [7, 11) is -3.44. The number of hydrogen-bond donors (Lipinski definition) is 1. The zero-order valence-electron chi connectivity index (χ0n) is 13.1. The van der Waals surface area contributed by atoms with E-state index in [0.29, 0.717) is 4.90 Å². The Morgan fingerprint density at radius 1 is 0.955 bits per heavy atom. The van der Waals surface area contributed by atoms with Crippen LogP contribution in [0.15, 0.2) is 59.5 Å². The SMILES string of the molecule is CCc1ccc(S(=O)(=O)NC(C)CCc2ccccc2)cc1. The lowest BCUT2D eigenvalue weighted by atomic mass is 10.1. The van der Waals surface area contributed by atoms with E-state index in [1.807, 2.05) is 44.2 Å². The minimum Gasteiger partial charge on any atom is -0.208 e. The molecule has 118 valence electrons. The molecule has 0 radical (unpaired) electrons. The molecule has 2 aromatic rings. The molecule has 4 heteroatoms. The fourth-order valence-electron chi connectivity index (χ4n) is 2.32. The van der Waals surface area contributed by atoms with Crippen LogP contribution >= 0.6 is 0 Å². The van der Waals surface area contributed by atoms with E-state index in [0.717, 1.165) is 24.8 Å². The molecule has 0 heterocycles. The first-order chi connectivity index (χ1) is 10.5. The standard InChI is InChI=1S/C18H23NO2S/c1-3-16-11-13-18(14-12-16)22(20,21)19-15(2)9-10-17-7-5-4-6-8-17/h4-8,11-15,19H,3,9-10H2,1-2H3. The number of nitrogens with one attached hydrogen (secondary N) is 1. The maximum atomic E-state index is 12.3. The smallest absolute Gasteiger partial charge is 0.208 e. The molecule has 3 nitrogen and oxygen atoms in total. The second kappa shape index (κ2) is 7.56.